The highest BCUT2D eigenvalue weighted by Crippen LogP contribution is 2.18. The van der Waals surface area contributed by atoms with Crippen molar-refractivity contribution in [2.24, 2.45) is 5.92 Å². The van der Waals surface area contributed by atoms with Crippen LogP contribution in [0.2, 0.25) is 0 Å². The first-order valence-electron chi connectivity index (χ1n) is 6.74. The van der Waals surface area contributed by atoms with Gasteiger partial charge in [0.1, 0.15) is 5.78 Å². The number of rotatable bonds is 0. The van der Waals surface area contributed by atoms with Crippen LogP contribution in [0.4, 0.5) is 0 Å². The Bertz CT molecular complexity index is 242. The summed E-state index contributed by atoms with van der Waals surface area (Å²) in [5, 5.41) is 8.98. The van der Waals surface area contributed by atoms with Crippen molar-refractivity contribution in [1.82, 2.24) is 0 Å². The normalized spacial score (nSPS) is 25.9. The molecular weight excluding hydrogens is 198 g/mol. The van der Waals surface area contributed by atoms with E-state index in [4.69, 9.17) is 5.26 Å². The third kappa shape index (κ3) is 5.90. The maximum Gasteiger partial charge on any atom is 0.132 e. The average Bonchev–Trinajstić information content (AvgIpc) is 2.31. The molecule has 0 aromatic rings. The predicted octanol–water partition coefficient (Wildman–Crippen LogP) is 4.00. The van der Waals surface area contributed by atoms with Gasteiger partial charge < -0.3 is 0 Å². The number of hydrogen-bond donors (Lipinski definition) is 0. The minimum Gasteiger partial charge on any atom is -0.300 e. The fourth-order valence-corrected chi connectivity index (χ4v) is 2.33. The lowest BCUT2D eigenvalue weighted by Gasteiger charge is -2.07. The van der Waals surface area contributed by atoms with E-state index in [1.807, 2.05) is 0 Å². The second kappa shape index (κ2) is 8.33. The molecule has 16 heavy (non-hydrogen) atoms. The Morgan fingerprint density at radius 3 is 2.19 bits per heavy atom. The molecule has 1 fully saturated rings. The van der Waals surface area contributed by atoms with Crippen molar-refractivity contribution >= 4 is 5.78 Å². The van der Waals surface area contributed by atoms with E-state index in [0.29, 0.717) is 12.2 Å². The van der Waals surface area contributed by atoms with Crippen molar-refractivity contribution in [1.29, 1.82) is 5.26 Å². The molecule has 0 heterocycles. The highest BCUT2D eigenvalue weighted by Gasteiger charge is 2.11. The molecule has 90 valence electrons. The Morgan fingerprint density at radius 2 is 1.50 bits per heavy atom. The molecule has 1 atom stereocenters. The molecule has 0 N–H and O–H groups in total. The Balaban J connectivity index is 2.35. The lowest BCUT2D eigenvalue weighted by Crippen LogP contribution is -2.03. The van der Waals surface area contributed by atoms with E-state index in [9.17, 15) is 4.79 Å². The third-order valence-electron chi connectivity index (χ3n) is 3.46. The molecule has 0 aromatic heterocycles. The quantitative estimate of drug-likeness (QED) is 0.620. The van der Waals surface area contributed by atoms with E-state index in [2.05, 4.69) is 6.07 Å². The van der Waals surface area contributed by atoms with Gasteiger partial charge in [-0.3, -0.25) is 4.79 Å². The molecule has 0 amide bonds. The van der Waals surface area contributed by atoms with Crippen LogP contribution in [0, 0.1) is 17.2 Å². The van der Waals surface area contributed by atoms with Crippen molar-refractivity contribution in [2.45, 2.75) is 70.6 Å². The summed E-state index contributed by atoms with van der Waals surface area (Å²) < 4.78 is 0. The molecule has 1 rings (SSSR count). The van der Waals surface area contributed by atoms with Crippen LogP contribution in [0.15, 0.2) is 0 Å². The zero-order valence-corrected chi connectivity index (χ0v) is 10.2. The Hall–Kier alpha value is -0.840. The molecule has 1 aliphatic rings. The number of carbonyl (C=O) groups is 1. The van der Waals surface area contributed by atoms with Gasteiger partial charge in [-0.1, -0.05) is 38.5 Å². The molecule has 1 saturated carbocycles. The zero-order valence-electron chi connectivity index (χ0n) is 10.2. The minimum atomic E-state index is 0.115. The van der Waals surface area contributed by atoms with E-state index in [0.717, 1.165) is 32.1 Å². The topological polar surface area (TPSA) is 40.9 Å². The summed E-state index contributed by atoms with van der Waals surface area (Å²) in [6.45, 7) is 0. The van der Waals surface area contributed by atoms with Gasteiger partial charge in [0.2, 0.25) is 0 Å². The summed E-state index contributed by atoms with van der Waals surface area (Å²) in [6, 6.07) is 2.34. The second-order valence-electron chi connectivity index (χ2n) is 4.92. The lowest BCUT2D eigenvalue weighted by atomic mass is 9.96. The minimum absolute atomic E-state index is 0.115. The summed E-state index contributed by atoms with van der Waals surface area (Å²) in [5.74, 6) is 0.476. The van der Waals surface area contributed by atoms with Gasteiger partial charge in [0, 0.05) is 18.8 Å². The van der Waals surface area contributed by atoms with E-state index in [1.165, 1.54) is 32.1 Å². The standard InChI is InChI=1S/C14H23NO/c15-12-13-8-6-4-2-1-3-5-7-9-14(16)11-10-13/h13H,1-11H2. The van der Waals surface area contributed by atoms with Crippen molar-refractivity contribution < 1.29 is 4.79 Å². The molecule has 0 saturated heterocycles. The van der Waals surface area contributed by atoms with Gasteiger partial charge in [0.25, 0.3) is 0 Å². The van der Waals surface area contributed by atoms with Gasteiger partial charge in [-0.25, -0.2) is 0 Å². The maximum absolute atomic E-state index is 11.5. The number of hydrogen-bond acceptors (Lipinski definition) is 2. The largest absolute Gasteiger partial charge is 0.300 e. The van der Waals surface area contributed by atoms with E-state index in [1.54, 1.807) is 0 Å². The van der Waals surface area contributed by atoms with Crippen molar-refractivity contribution in [3.63, 3.8) is 0 Å². The van der Waals surface area contributed by atoms with Gasteiger partial charge in [-0.2, -0.15) is 5.26 Å². The Morgan fingerprint density at radius 1 is 0.875 bits per heavy atom. The Labute approximate surface area is 99.0 Å². The van der Waals surface area contributed by atoms with E-state index < -0.39 is 0 Å². The van der Waals surface area contributed by atoms with Crippen molar-refractivity contribution in [3.8, 4) is 6.07 Å². The summed E-state index contributed by atoms with van der Waals surface area (Å²) >= 11 is 0. The van der Waals surface area contributed by atoms with Gasteiger partial charge in [0.15, 0.2) is 0 Å². The molecule has 2 heteroatoms. The van der Waals surface area contributed by atoms with Crippen LogP contribution in [0.1, 0.15) is 70.6 Å². The molecule has 0 aliphatic heterocycles. The van der Waals surface area contributed by atoms with Crippen LogP contribution in [-0.4, -0.2) is 5.78 Å². The zero-order chi connectivity index (χ0) is 11.6. The molecule has 0 bridgehead atoms. The highest BCUT2D eigenvalue weighted by molar-refractivity contribution is 5.78. The highest BCUT2D eigenvalue weighted by atomic mass is 16.1. The van der Waals surface area contributed by atoms with Crippen LogP contribution >= 0.6 is 0 Å². The van der Waals surface area contributed by atoms with Crippen molar-refractivity contribution in [3.05, 3.63) is 0 Å². The first kappa shape index (κ1) is 13.2. The van der Waals surface area contributed by atoms with E-state index in [-0.39, 0.29) is 5.92 Å². The molecule has 1 unspecified atom stereocenters. The van der Waals surface area contributed by atoms with E-state index >= 15 is 0 Å². The number of ketones is 1. The molecule has 0 spiro atoms. The summed E-state index contributed by atoms with van der Waals surface area (Å²) in [4.78, 5) is 11.5. The predicted molar refractivity (Wildman–Crippen MR) is 64.9 cm³/mol. The molecule has 0 radical (unpaired) electrons. The molecule has 0 aromatic carbocycles. The average molecular weight is 221 g/mol. The van der Waals surface area contributed by atoms with Crippen molar-refractivity contribution in [2.75, 3.05) is 0 Å². The number of nitrogens with zero attached hydrogens (tertiary/aromatic N) is 1. The van der Waals surface area contributed by atoms with Gasteiger partial charge >= 0.3 is 0 Å². The molecule has 1 aliphatic carbocycles. The van der Waals surface area contributed by atoms with Crippen LogP contribution < -0.4 is 0 Å². The monoisotopic (exact) mass is 221 g/mol. The maximum atomic E-state index is 11.5. The number of nitriles is 1. The SMILES string of the molecule is N#CC1CCCCCCCCCC(=O)CC1. The first-order chi connectivity index (χ1) is 7.83. The summed E-state index contributed by atoms with van der Waals surface area (Å²) in [5.41, 5.74) is 0. The molecular formula is C14H23NO. The number of Topliss-reactive ketones (excluding diaryl/α,β-unsaturated/α-hetero) is 1. The summed E-state index contributed by atoms with van der Waals surface area (Å²) in [6.07, 6.45) is 11.7. The number of carbonyl (C=O) groups excluding carboxylic acids is 1. The fourth-order valence-electron chi connectivity index (χ4n) is 2.33. The fraction of sp³-hybridized carbons (Fsp3) is 0.857. The Kier molecular flexibility index (Phi) is 6.88. The molecule has 2 nitrogen and oxygen atoms in total. The van der Waals surface area contributed by atoms with Gasteiger partial charge in [-0.15, -0.1) is 0 Å². The summed E-state index contributed by atoms with van der Waals surface area (Å²) in [7, 11) is 0. The second-order valence-corrected chi connectivity index (χ2v) is 4.92. The first-order valence-corrected chi connectivity index (χ1v) is 6.74. The van der Waals surface area contributed by atoms with Gasteiger partial charge in [0.05, 0.1) is 6.07 Å². The lowest BCUT2D eigenvalue weighted by molar-refractivity contribution is -0.119. The van der Waals surface area contributed by atoms with Crippen LogP contribution in [0.25, 0.3) is 0 Å². The van der Waals surface area contributed by atoms with Gasteiger partial charge in [-0.05, 0) is 19.3 Å². The van der Waals surface area contributed by atoms with Crippen LogP contribution in [0.5, 0.6) is 0 Å². The smallest absolute Gasteiger partial charge is 0.132 e. The third-order valence-corrected chi connectivity index (χ3v) is 3.46. The van der Waals surface area contributed by atoms with Crippen LogP contribution in [0.3, 0.4) is 0 Å². The van der Waals surface area contributed by atoms with Crippen LogP contribution in [-0.2, 0) is 4.79 Å².